The Labute approximate surface area is 206 Å². The first-order chi connectivity index (χ1) is 16.8. The van der Waals surface area contributed by atoms with Crippen molar-refractivity contribution in [3.05, 3.63) is 91.0 Å². The maximum atomic E-state index is 6.34. The van der Waals surface area contributed by atoms with E-state index in [4.69, 9.17) is 19.3 Å². The molecular weight excluding hydrogens is 431 g/mol. The summed E-state index contributed by atoms with van der Waals surface area (Å²) < 4.78 is 12.7. The average molecular weight is 458 g/mol. The zero-order valence-electron chi connectivity index (χ0n) is 20.4. The van der Waals surface area contributed by atoms with Gasteiger partial charge in [0.2, 0.25) is 0 Å². The molecule has 0 radical (unpaired) electrons. The highest BCUT2D eigenvalue weighted by atomic mass is 16.7. The van der Waals surface area contributed by atoms with Crippen molar-refractivity contribution >= 4 is 34.3 Å². The van der Waals surface area contributed by atoms with Gasteiger partial charge in [-0.2, -0.15) is 0 Å². The minimum absolute atomic E-state index is 0.394. The normalized spacial score (nSPS) is 16.7. The van der Waals surface area contributed by atoms with Gasteiger partial charge in [-0.05, 0) is 44.6 Å². The molecule has 0 N–H and O–H groups in total. The summed E-state index contributed by atoms with van der Waals surface area (Å²) in [7, 11) is -0.427. The summed E-state index contributed by atoms with van der Waals surface area (Å²) >= 11 is 0. The zero-order valence-corrected chi connectivity index (χ0v) is 20.4. The van der Waals surface area contributed by atoms with Gasteiger partial charge in [-0.3, -0.25) is 0 Å². The molecule has 1 aliphatic rings. The molecule has 0 unspecified atom stereocenters. The Kier molecular flexibility index (Phi) is 5.03. The highest BCUT2D eigenvalue weighted by Crippen LogP contribution is 2.37. The topological polar surface area (TPSA) is 44.2 Å². The van der Waals surface area contributed by atoms with Crippen molar-refractivity contribution < 1.29 is 9.31 Å². The first-order valence-corrected chi connectivity index (χ1v) is 12.0. The molecule has 0 amide bonds. The summed E-state index contributed by atoms with van der Waals surface area (Å²) in [6, 6.07) is 31.1. The smallest absolute Gasteiger partial charge is 0.399 e. The Hall–Kier alpha value is -3.54. The van der Waals surface area contributed by atoms with Crippen LogP contribution in [0.4, 0.5) is 0 Å². The molecule has 1 aliphatic heterocycles. The molecule has 1 fully saturated rings. The largest absolute Gasteiger partial charge is 0.494 e. The predicted molar refractivity (Wildman–Crippen MR) is 144 cm³/mol. The maximum absolute atomic E-state index is 6.34. The summed E-state index contributed by atoms with van der Waals surface area (Å²) in [4.78, 5) is 10.1. The van der Waals surface area contributed by atoms with E-state index in [2.05, 4.69) is 82.3 Å². The molecule has 4 nitrogen and oxygen atoms in total. The van der Waals surface area contributed by atoms with Gasteiger partial charge in [0, 0.05) is 21.9 Å². The molecule has 35 heavy (non-hydrogen) atoms. The lowest BCUT2D eigenvalue weighted by Crippen LogP contribution is -2.41. The van der Waals surface area contributed by atoms with Gasteiger partial charge in [0.05, 0.1) is 22.4 Å². The molecule has 6 rings (SSSR count). The summed E-state index contributed by atoms with van der Waals surface area (Å²) in [6.07, 6.45) is 0. The number of hydrogen-bond donors (Lipinski definition) is 0. The minimum atomic E-state index is -0.427. The third kappa shape index (κ3) is 3.72. The van der Waals surface area contributed by atoms with Gasteiger partial charge in [-0.15, -0.1) is 0 Å². The van der Waals surface area contributed by atoms with E-state index in [9.17, 15) is 0 Å². The second-order valence-electron chi connectivity index (χ2n) is 10.2. The molecule has 0 saturated carbocycles. The third-order valence-corrected chi connectivity index (χ3v) is 7.31. The van der Waals surface area contributed by atoms with Gasteiger partial charge in [-0.25, -0.2) is 9.97 Å². The van der Waals surface area contributed by atoms with E-state index in [0.29, 0.717) is 5.82 Å². The van der Waals surface area contributed by atoms with Crippen molar-refractivity contribution in [2.24, 2.45) is 0 Å². The maximum Gasteiger partial charge on any atom is 0.494 e. The van der Waals surface area contributed by atoms with Crippen molar-refractivity contribution in [3.8, 4) is 22.6 Å². The number of benzene rings is 4. The van der Waals surface area contributed by atoms with Crippen LogP contribution in [0.25, 0.3) is 44.3 Å². The number of aromatic nitrogens is 2. The number of rotatable bonds is 3. The molecule has 172 valence electrons. The van der Waals surface area contributed by atoms with E-state index in [-0.39, 0.29) is 0 Å². The van der Waals surface area contributed by atoms with Crippen LogP contribution in [0.5, 0.6) is 0 Å². The molecule has 5 aromatic rings. The Morgan fingerprint density at radius 2 is 1.23 bits per heavy atom. The second kappa shape index (κ2) is 8.01. The van der Waals surface area contributed by atoms with E-state index >= 15 is 0 Å². The van der Waals surface area contributed by atoms with Crippen LogP contribution < -0.4 is 5.46 Å². The van der Waals surface area contributed by atoms with Crippen molar-refractivity contribution in [1.29, 1.82) is 0 Å². The SMILES string of the molecule is CC1(C)OB(c2ccc3ccc4c(-c5ccccc5)nc(-c5ccccc5)nc4c3c2)OC1(C)C. The first-order valence-electron chi connectivity index (χ1n) is 12.0. The fraction of sp³-hybridized carbons (Fsp3) is 0.200. The predicted octanol–water partition coefficient (Wildman–Crippen LogP) is 6.42. The highest BCUT2D eigenvalue weighted by Gasteiger charge is 2.51. The molecule has 1 aromatic heterocycles. The van der Waals surface area contributed by atoms with Gasteiger partial charge < -0.3 is 9.31 Å². The fourth-order valence-corrected chi connectivity index (χ4v) is 4.59. The average Bonchev–Trinajstić information content (AvgIpc) is 3.10. The van der Waals surface area contributed by atoms with Gasteiger partial charge in [0.1, 0.15) is 0 Å². The monoisotopic (exact) mass is 458 g/mol. The zero-order chi connectivity index (χ0) is 24.2. The summed E-state index contributed by atoms with van der Waals surface area (Å²) in [5, 5.41) is 3.20. The lowest BCUT2D eigenvalue weighted by molar-refractivity contribution is 0.00578. The van der Waals surface area contributed by atoms with E-state index in [1.54, 1.807) is 0 Å². The molecule has 5 heteroatoms. The molecule has 0 atom stereocenters. The van der Waals surface area contributed by atoms with Crippen molar-refractivity contribution in [2.45, 2.75) is 38.9 Å². The molecule has 0 bridgehead atoms. The van der Waals surface area contributed by atoms with Crippen molar-refractivity contribution in [2.75, 3.05) is 0 Å². The van der Waals surface area contributed by atoms with Crippen LogP contribution in [0, 0.1) is 0 Å². The Morgan fingerprint density at radius 3 is 1.89 bits per heavy atom. The second-order valence-corrected chi connectivity index (χ2v) is 10.2. The van der Waals surface area contributed by atoms with Crippen LogP contribution in [0.2, 0.25) is 0 Å². The Balaban J connectivity index is 1.60. The van der Waals surface area contributed by atoms with Crippen LogP contribution in [-0.2, 0) is 9.31 Å². The Bertz CT molecular complexity index is 1530. The molecular formula is C30H27BN2O2. The fourth-order valence-electron chi connectivity index (χ4n) is 4.59. The third-order valence-electron chi connectivity index (χ3n) is 7.31. The van der Waals surface area contributed by atoms with E-state index < -0.39 is 18.3 Å². The minimum Gasteiger partial charge on any atom is -0.399 e. The number of hydrogen-bond acceptors (Lipinski definition) is 4. The van der Waals surface area contributed by atoms with Crippen LogP contribution in [0.1, 0.15) is 27.7 Å². The summed E-state index contributed by atoms with van der Waals surface area (Å²) in [6.45, 7) is 8.31. The molecule has 4 aromatic carbocycles. The lowest BCUT2D eigenvalue weighted by Gasteiger charge is -2.32. The lowest BCUT2D eigenvalue weighted by atomic mass is 9.78. The van der Waals surface area contributed by atoms with Crippen LogP contribution in [-0.4, -0.2) is 28.3 Å². The van der Waals surface area contributed by atoms with Crippen molar-refractivity contribution in [1.82, 2.24) is 9.97 Å². The molecule has 0 spiro atoms. The quantitative estimate of drug-likeness (QED) is 0.231. The standard InChI is InChI=1S/C30H27BN2O2/c1-29(2)30(3,4)35-31(34-29)23-17-15-20-16-18-24-26(21-11-7-5-8-12-21)32-28(22-13-9-6-10-14-22)33-27(24)25(20)19-23/h5-19H,1-4H3. The van der Waals surface area contributed by atoms with Gasteiger partial charge >= 0.3 is 7.12 Å². The van der Waals surface area contributed by atoms with Crippen molar-refractivity contribution in [3.63, 3.8) is 0 Å². The molecule has 0 aliphatic carbocycles. The van der Waals surface area contributed by atoms with Gasteiger partial charge in [0.25, 0.3) is 0 Å². The van der Waals surface area contributed by atoms with E-state index in [1.807, 2.05) is 36.4 Å². The van der Waals surface area contributed by atoms with Gasteiger partial charge in [0.15, 0.2) is 5.82 Å². The van der Waals surface area contributed by atoms with Crippen LogP contribution >= 0.6 is 0 Å². The van der Waals surface area contributed by atoms with Crippen LogP contribution in [0.3, 0.4) is 0 Å². The summed E-state index contributed by atoms with van der Waals surface area (Å²) in [5.74, 6) is 0.713. The Morgan fingerprint density at radius 1 is 0.629 bits per heavy atom. The van der Waals surface area contributed by atoms with Gasteiger partial charge in [-0.1, -0.05) is 84.9 Å². The molecule has 1 saturated heterocycles. The highest BCUT2D eigenvalue weighted by molar-refractivity contribution is 6.62. The van der Waals surface area contributed by atoms with Crippen LogP contribution in [0.15, 0.2) is 91.0 Å². The first kappa shape index (κ1) is 22.0. The molecule has 2 heterocycles. The number of nitrogens with zero attached hydrogens (tertiary/aromatic N) is 2. The number of fused-ring (bicyclic) bond motifs is 3. The summed E-state index contributed by atoms with van der Waals surface area (Å²) in [5.41, 5.74) is 4.11. The van der Waals surface area contributed by atoms with E-state index in [0.717, 1.165) is 44.0 Å². The van der Waals surface area contributed by atoms with E-state index in [1.165, 1.54) is 0 Å².